The molecular formula is C17H28N2O. The van der Waals surface area contributed by atoms with Crippen molar-refractivity contribution in [3.05, 3.63) is 29.3 Å². The van der Waals surface area contributed by atoms with Crippen molar-refractivity contribution in [2.45, 2.75) is 46.2 Å². The summed E-state index contributed by atoms with van der Waals surface area (Å²) in [6, 6.07) is 7.64. The van der Waals surface area contributed by atoms with Crippen LogP contribution in [0, 0.1) is 13.8 Å². The molecule has 1 N–H and O–H groups in total. The van der Waals surface area contributed by atoms with E-state index in [9.17, 15) is 0 Å². The van der Waals surface area contributed by atoms with Gasteiger partial charge in [-0.05, 0) is 51.3 Å². The molecule has 2 atom stereocenters. The first-order valence-corrected chi connectivity index (χ1v) is 7.74. The summed E-state index contributed by atoms with van der Waals surface area (Å²) < 4.78 is 5.94. The largest absolute Gasteiger partial charge is 0.493 e. The normalized spacial score (nSPS) is 23.8. The van der Waals surface area contributed by atoms with Crippen LogP contribution in [0.2, 0.25) is 0 Å². The number of hydrogen-bond acceptors (Lipinski definition) is 3. The Morgan fingerprint density at radius 2 is 1.90 bits per heavy atom. The van der Waals surface area contributed by atoms with Gasteiger partial charge in [-0.3, -0.25) is 4.90 Å². The highest BCUT2D eigenvalue weighted by Crippen LogP contribution is 2.19. The van der Waals surface area contributed by atoms with E-state index < -0.39 is 0 Å². The molecule has 2 rings (SSSR count). The van der Waals surface area contributed by atoms with Gasteiger partial charge in [0.1, 0.15) is 5.75 Å². The molecule has 0 saturated carbocycles. The van der Waals surface area contributed by atoms with E-state index in [1.54, 1.807) is 0 Å². The van der Waals surface area contributed by atoms with Crippen LogP contribution in [0.4, 0.5) is 0 Å². The summed E-state index contributed by atoms with van der Waals surface area (Å²) in [4.78, 5) is 2.59. The quantitative estimate of drug-likeness (QED) is 0.837. The molecule has 1 heterocycles. The van der Waals surface area contributed by atoms with Gasteiger partial charge in [0.25, 0.3) is 0 Å². The van der Waals surface area contributed by atoms with Gasteiger partial charge >= 0.3 is 0 Å². The van der Waals surface area contributed by atoms with Gasteiger partial charge in [-0.25, -0.2) is 0 Å². The predicted octanol–water partition coefficient (Wildman–Crippen LogP) is 2.75. The SMILES string of the molecule is Cc1ccc(C)c(OCCCN2C(C)CNCC2C)c1. The van der Waals surface area contributed by atoms with Crippen LogP contribution < -0.4 is 10.1 Å². The van der Waals surface area contributed by atoms with Crippen LogP contribution in [0.3, 0.4) is 0 Å². The zero-order valence-corrected chi connectivity index (χ0v) is 13.3. The van der Waals surface area contributed by atoms with Gasteiger partial charge in [-0.1, -0.05) is 12.1 Å². The maximum atomic E-state index is 5.94. The average molecular weight is 276 g/mol. The lowest BCUT2D eigenvalue weighted by molar-refractivity contribution is 0.108. The van der Waals surface area contributed by atoms with Gasteiger partial charge in [-0.15, -0.1) is 0 Å². The third kappa shape index (κ3) is 3.97. The third-order valence-electron chi connectivity index (χ3n) is 4.17. The fourth-order valence-electron chi connectivity index (χ4n) is 2.90. The Labute approximate surface area is 123 Å². The van der Waals surface area contributed by atoms with Crippen LogP contribution in [0.15, 0.2) is 18.2 Å². The number of nitrogens with zero attached hydrogens (tertiary/aromatic N) is 1. The van der Waals surface area contributed by atoms with E-state index in [-0.39, 0.29) is 0 Å². The van der Waals surface area contributed by atoms with E-state index in [0.717, 1.165) is 38.4 Å². The lowest BCUT2D eigenvalue weighted by atomic mass is 10.1. The van der Waals surface area contributed by atoms with Crippen molar-refractivity contribution in [1.82, 2.24) is 10.2 Å². The number of rotatable bonds is 5. The van der Waals surface area contributed by atoms with Gasteiger partial charge in [0.05, 0.1) is 6.61 Å². The van der Waals surface area contributed by atoms with Crippen LogP contribution in [0.5, 0.6) is 5.75 Å². The Kier molecular flexibility index (Phi) is 5.44. The van der Waals surface area contributed by atoms with Crippen molar-refractivity contribution < 1.29 is 4.74 Å². The maximum Gasteiger partial charge on any atom is 0.122 e. The zero-order chi connectivity index (χ0) is 14.5. The van der Waals surface area contributed by atoms with Crippen molar-refractivity contribution in [3.63, 3.8) is 0 Å². The van der Waals surface area contributed by atoms with E-state index in [1.807, 2.05) is 0 Å². The second-order valence-corrected chi connectivity index (χ2v) is 6.07. The smallest absolute Gasteiger partial charge is 0.122 e. The molecule has 0 aliphatic carbocycles. The minimum atomic E-state index is 0.624. The molecule has 0 bridgehead atoms. The highest BCUT2D eigenvalue weighted by atomic mass is 16.5. The highest BCUT2D eigenvalue weighted by Gasteiger charge is 2.23. The summed E-state index contributed by atoms with van der Waals surface area (Å²) in [5, 5.41) is 3.47. The zero-order valence-electron chi connectivity index (χ0n) is 13.3. The van der Waals surface area contributed by atoms with Gasteiger partial charge in [0.2, 0.25) is 0 Å². The molecule has 0 amide bonds. The molecule has 2 unspecified atom stereocenters. The number of nitrogens with one attached hydrogen (secondary N) is 1. The van der Waals surface area contributed by atoms with Gasteiger partial charge in [0.15, 0.2) is 0 Å². The Hall–Kier alpha value is -1.06. The Morgan fingerprint density at radius 1 is 1.20 bits per heavy atom. The van der Waals surface area contributed by atoms with E-state index in [2.05, 4.69) is 56.1 Å². The van der Waals surface area contributed by atoms with Crippen LogP contribution in [0.25, 0.3) is 0 Å². The number of aryl methyl sites for hydroxylation is 2. The molecule has 1 saturated heterocycles. The maximum absolute atomic E-state index is 5.94. The molecule has 1 aliphatic rings. The van der Waals surface area contributed by atoms with Gasteiger partial charge < -0.3 is 10.1 Å². The molecular weight excluding hydrogens is 248 g/mol. The average Bonchev–Trinajstić information content (AvgIpc) is 2.41. The van der Waals surface area contributed by atoms with Crippen LogP contribution in [-0.4, -0.2) is 43.2 Å². The van der Waals surface area contributed by atoms with E-state index in [0.29, 0.717) is 12.1 Å². The second kappa shape index (κ2) is 7.09. The van der Waals surface area contributed by atoms with Gasteiger partial charge in [0, 0.05) is 31.7 Å². The highest BCUT2D eigenvalue weighted by molar-refractivity contribution is 5.35. The summed E-state index contributed by atoms with van der Waals surface area (Å²) in [7, 11) is 0. The van der Waals surface area contributed by atoms with Crippen molar-refractivity contribution in [2.75, 3.05) is 26.2 Å². The lowest BCUT2D eigenvalue weighted by Crippen LogP contribution is -2.55. The van der Waals surface area contributed by atoms with Gasteiger partial charge in [-0.2, -0.15) is 0 Å². The minimum Gasteiger partial charge on any atom is -0.493 e. The van der Waals surface area contributed by atoms with E-state index >= 15 is 0 Å². The molecule has 112 valence electrons. The molecule has 3 nitrogen and oxygen atoms in total. The molecule has 0 aromatic heterocycles. The summed E-state index contributed by atoms with van der Waals surface area (Å²) >= 11 is 0. The molecule has 1 aromatic rings. The minimum absolute atomic E-state index is 0.624. The second-order valence-electron chi connectivity index (χ2n) is 6.07. The molecule has 3 heteroatoms. The van der Waals surface area contributed by atoms with E-state index in [4.69, 9.17) is 4.74 Å². The summed E-state index contributed by atoms with van der Waals surface area (Å²) in [5.41, 5.74) is 2.48. The molecule has 1 aromatic carbocycles. The number of hydrogen-bond donors (Lipinski definition) is 1. The van der Waals surface area contributed by atoms with Crippen LogP contribution >= 0.6 is 0 Å². The fourth-order valence-corrected chi connectivity index (χ4v) is 2.90. The van der Waals surface area contributed by atoms with Crippen LogP contribution in [-0.2, 0) is 0 Å². The topological polar surface area (TPSA) is 24.5 Å². The number of benzene rings is 1. The Morgan fingerprint density at radius 3 is 2.60 bits per heavy atom. The van der Waals surface area contributed by atoms with Crippen molar-refractivity contribution in [1.29, 1.82) is 0 Å². The van der Waals surface area contributed by atoms with Crippen molar-refractivity contribution in [3.8, 4) is 5.75 Å². The Balaban J connectivity index is 1.77. The number of piperazine rings is 1. The third-order valence-corrected chi connectivity index (χ3v) is 4.17. The molecule has 20 heavy (non-hydrogen) atoms. The first kappa shape index (κ1) is 15.3. The first-order valence-electron chi connectivity index (χ1n) is 7.74. The molecule has 0 spiro atoms. The molecule has 1 aliphatic heterocycles. The van der Waals surface area contributed by atoms with Crippen LogP contribution in [0.1, 0.15) is 31.4 Å². The standard InChI is InChI=1S/C17H28N2O/c1-13-6-7-14(2)17(10-13)20-9-5-8-19-15(3)11-18-12-16(19)4/h6-7,10,15-16,18H,5,8-9,11-12H2,1-4H3. The molecule has 0 radical (unpaired) electrons. The summed E-state index contributed by atoms with van der Waals surface area (Å²) in [6.07, 6.45) is 1.09. The fraction of sp³-hybridized carbons (Fsp3) is 0.647. The molecule has 1 fully saturated rings. The first-order chi connectivity index (χ1) is 9.58. The number of ether oxygens (including phenoxy) is 1. The van der Waals surface area contributed by atoms with Crippen molar-refractivity contribution in [2.24, 2.45) is 0 Å². The summed E-state index contributed by atoms with van der Waals surface area (Å²) in [5.74, 6) is 1.03. The Bertz CT molecular complexity index is 423. The van der Waals surface area contributed by atoms with E-state index in [1.165, 1.54) is 11.1 Å². The van der Waals surface area contributed by atoms with Crippen molar-refractivity contribution >= 4 is 0 Å². The predicted molar refractivity (Wildman–Crippen MR) is 84.5 cm³/mol. The lowest BCUT2D eigenvalue weighted by Gasteiger charge is -2.39. The monoisotopic (exact) mass is 276 g/mol. The summed E-state index contributed by atoms with van der Waals surface area (Å²) in [6.45, 7) is 12.9.